The smallest absolute Gasteiger partial charge is 0.323 e. The Kier molecular flexibility index (Phi) is 4.86. The van der Waals surface area contributed by atoms with Crippen LogP contribution < -0.4 is 14.2 Å². The fraction of sp³-hybridized carbons (Fsp3) is 0.136. The number of aliphatic carboxylic acids is 1. The van der Waals surface area contributed by atoms with Gasteiger partial charge in [-0.3, -0.25) is 9.59 Å². The van der Waals surface area contributed by atoms with Gasteiger partial charge in [-0.2, -0.15) is 5.26 Å². The lowest BCUT2D eigenvalue weighted by Gasteiger charge is -2.03. The first kappa shape index (κ1) is 19.1. The van der Waals surface area contributed by atoms with Crippen LogP contribution in [-0.4, -0.2) is 35.1 Å². The lowest BCUT2D eigenvalue weighted by Crippen LogP contribution is -2.07. The van der Waals surface area contributed by atoms with Crippen LogP contribution in [0.25, 0.3) is 17.0 Å². The van der Waals surface area contributed by atoms with E-state index in [2.05, 4.69) is 0 Å². The highest BCUT2D eigenvalue weighted by Crippen LogP contribution is 2.36. The van der Waals surface area contributed by atoms with Gasteiger partial charge in [-0.15, -0.1) is 0 Å². The standard InChI is InChI=1S/C22H16N2O6/c1-28-14-3-5-18-17(9-14)13(11-24(18)12-21(25)26)8-20-22(27)16-4-2-15(29-7-6-23)10-19(16)30-20/h2-5,8-11H,7,12H2,1H3,(H,25,26). The van der Waals surface area contributed by atoms with Gasteiger partial charge in [0.15, 0.2) is 12.4 Å². The molecule has 0 spiro atoms. The van der Waals surface area contributed by atoms with Crippen molar-refractivity contribution in [1.29, 1.82) is 5.26 Å². The Bertz CT molecular complexity index is 1250. The van der Waals surface area contributed by atoms with Gasteiger partial charge in [-0.05, 0) is 36.4 Å². The minimum absolute atomic E-state index is 0.111. The Morgan fingerprint density at radius 1 is 1.27 bits per heavy atom. The second kappa shape index (κ2) is 7.64. The van der Waals surface area contributed by atoms with Gasteiger partial charge < -0.3 is 23.9 Å². The lowest BCUT2D eigenvalue weighted by molar-refractivity contribution is -0.137. The van der Waals surface area contributed by atoms with Crippen molar-refractivity contribution >= 4 is 28.7 Å². The summed E-state index contributed by atoms with van der Waals surface area (Å²) >= 11 is 0. The molecule has 0 saturated heterocycles. The van der Waals surface area contributed by atoms with Crippen molar-refractivity contribution in [3.63, 3.8) is 0 Å². The van der Waals surface area contributed by atoms with Crippen LogP contribution in [0.3, 0.4) is 0 Å². The highest BCUT2D eigenvalue weighted by molar-refractivity contribution is 6.15. The van der Waals surface area contributed by atoms with Crippen molar-refractivity contribution in [3.05, 3.63) is 59.5 Å². The normalized spacial score (nSPS) is 13.7. The van der Waals surface area contributed by atoms with Crippen molar-refractivity contribution in [2.45, 2.75) is 6.54 Å². The van der Waals surface area contributed by atoms with E-state index in [1.54, 1.807) is 60.3 Å². The number of hydrogen-bond donors (Lipinski definition) is 1. The molecule has 3 aromatic rings. The van der Waals surface area contributed by atoms with Gasteiger partial charge in [0.05, 0.1) is 12.7 Å². The van der Waals surface area contributed by atoms with Crippen molar-refractivity contribution in [2.75, 3.05) is 13.7 Å². The number of ether oxygens (including phenoxy) is 3. The zero-order valence-electron chi connectivity index (χ0n) is 15.9. The van der Waals surface area contributed by atoms with Gasteiger partial charge >= 0.3 is 5.97 Å². The molecule has 2 heterocycles. The molecule has 0 amide bonds. The van der Waals surface area contributed by atoms with Gasteiger partial charge in [-0.25, -0.2) is 0 Å². The quantitative estimate of drug-likeness (QED) is 0.628. The summed E-state index contributed by atoms with van der Waals surface area (Å²) in [4.78, 5) is 24.0. The molecule has 0 aliphatic carbocycles. The molecule has 150 valence electrons. The fourth-order valence-corrected chi connectivity index (χ4v) is 3.34. The van der Waals surface area contributed by atoms with E-state index in [1.807, 2.05) is 6.07 Å². The number of nitrogens with zero attached hydrogens (tertiary/aromatic N) is 2. The Labute approximate surface area is 171 Å². The number of allylic oxidation sites excluding steroid dienone is 1. The Balaban J connectivity index is 1.74. The summed E-state index contributed by atoms with van der Waals surface area (Å²) in [6, 6.07) is 11.9. The molecular formula is C22H16N2O6. The number of Topliss-reactive ketones (excluding diaryl/α,β-unsaturated/α-hetero) is 1. The van der Waals surface area contributed by atoms with Crippen LogP contribution in [0.1, 0.15) is 15.9 Å². The Morgan fingerprint density at radius 2 is 2.07 bits per heavy atom. The van der Waals surface area contributed by atoms with Crippen LogP contribution in [0, 0.1) is 11.3 Å². The highest BCUT2D eigenvalue weighted by Gasteiger charge is 2.28. The number of fused-ring (bicyclic) bond motifs is 2. The maximum Gasteiger partial charge on any atom is 0.323 e. The van der Waals surface area contributed by atoms with E-state index in [9.17, 15) is 14.7 Å². The molecular weight excluding hydrogens is 388 g/mol. The number of rotatable bonds is 6. The summed E-state index contributed by atoms with van der Waals surface area (Å²) in [7, 11) is 1.54. The number of aromatic nitrogens is 1. The first-order valence-corrected chi connectivity index (χ1v) is 8.97. The van der Waals surface area contributed by atoms with E-state index < -0.39 is 5.97 Å². The fourth-order valence-electron chi connectivity index (χ4n) is 3.34. The molecule has 0 saturated carbocycles. The topological polar surface area (TPSA) is 111 Å². The third-order valence-electron chi connectivity index (χ3n) is 4.66. The summed E-state index contributed by atoms with van der Waals surface area (Å²) in [5.41, 5.74) is 1.71. The number of carbonyl (C=O) groups is 2. The van der Waals surface area contributed by atoms with E-state index in [1.165, 1.54) is 0 Å². The Morgan fingerprint density at radius 3 is 2.80 bits per heavy atom. The monoisotopic (exact) mass is 404 g/mol. The number of carboxylic acids is 1. The van der Waals surface area contributed by atoms with Gasteiger partial charge in [0.1, 0.15) is 29.9 Å². The SMILES string of the molecule is COc1ccc2c(c1)c(C=C1Oc3cc(OCC#N)ccc3C1=O)cn2CC(=O)O. The number of methoxy groups -OCH3 is 1. The first-order valence-electron chi connectivity index (χ1n) is 8.97. The Hall–Kier alpha value is -4.25. The van der Waals surface area contributed by atoms with E-state index in [-0.39, 0.29) is 24.7 Å². The number of benzene rings is 2. The molecule has 1 N–H and O–H groups in total. The summed E-state index contributed by atoms with van der Waals surface area (Å²) in [6.07, 6.45) is 3.24. The first-order chi connectivity index (χ1) is 14.5. The largest absolute Gasteiger partial charge is 0.497 e. The van der Waals surface area contributed by atoms with Crippen LogP contribution in [0.4, 0.5) is 0 Å². The zero-order valence-corrected chi connectivity index (χ0v) is 15.9. The predicted molar refractivity (Wildman–Crippen MR) is 107 cm³/mol. The molecule has 0 fully saturated rings. The number of carboxylic acid groups (broad SMARTS) is 1. The van der Waals surface area contributed by atoms with Crippen molar-refractivity contribution in [2.24, 2.45) is 0 Å². The maximum absolute atomic E-state index is 12.8. The van der Waals surface area contributed by atoms with Crippen LogP contribution >= 0.6 is 0 Å². The van der Waals surface area contributed by atoms with E-state index in [0.29, 0.717) is 33.9 Å². The third-order valence-corrected chi connectivity index (χ3v) is 4.66. The number of carbonyl (C=O) groups excluding carboxylic acids is 1. The van der Waals surface area contributed by atoms with Crippen molar-refractivity contribution in [3.8, 4) is 23.3 Å². The lowest BCUT2D eigenvalue weighted by atomic mass is 10.1. The molecule has 0 bridgehead atoms. The average Bonchev–Trinajstić information content (AvgIpc) is 3.23. The summed E-state index contributed by atoms with van der Waals surface area (Å²) in [5, 5.41) is 18.6. The van der Waals surface area contributed by atoms with Gasteiger partial charge in [0.25, 0.3) is 0 Å². The average molecular weight is 404 g/mol. The molecule has 0 unspecified atom stereocenters. The van der Waals surface area contributed by atoms with Gasteiger partial charge in [0.2, 0.25) is 5.78 Å². The molecule has 1 aliphatic rings. The summed E-state index contributed by atoms with van der Waals surface area (Å²) in [6.45, 7) is -0.332. The predicted octanol–water partition coefficient (Wildman–Crippen LogP) is 3.25. The van der Waals surface area contributed by atoms with Crippen LogP contribution in [0.15, 0.2) is 48.4 Å². The van der Waals surface area contributed by atoms with Crippen LogP contribution in [0.2, 0.25) is 0 Å². The summed E-state index contributed by atoms with van der Waals surface area (Å²) in [5.74, 6) is 0.211. The minimum atomic E-state index is -0.979. The second-order valence-corrected chi connectivity index (χ2v) is 6.53. The maximum atomic E-state index is 12.8. The van der Waals surface area contributed by atoms with Crippen molar-refractivity contribution in [1.82, 2.24) is 4.57 Å². The zero-order chi connectivity index (χ0) is 21.3. The molecule has 30 heavy (non-hydrogen) atoms. The number of ketones is 1. The van der Waals surface area contributed by atoms with Gasteiger partial charge in [-0.1, -0.05) is 0 Å². The summed E-state index contributed by atoms with van der Waals surface area (Å²) < 4.78 is 17.8. The molecule has 0 atom stereocenters. The highest BCUT2D eigenvalue weighted by atomic mass is 16.5. The number of nitriles is 1. The molecule has 2 aromatic carbocycles. The molecule has 8 heteroatoms. The van der Waals surface area contributed by atoms with Crippen molar-refractivity contribution < 1.29 is 28.9 Å². The minimum Gasteiger partial charge on any atom is -0.497 e. The second-order valence-electron chi connectivity index (χ2n) is 6.53. The molecule has 1 aliphatic heterocycles. The van der Waals surface area contributed by atoms with E-state index >= 15 is 0 Å². The molecule has 4 rings (SSSR count). The molecule has 0 radical (unpaired) electrons. The number of hydrogen-bond acceptors (Lipinski definition) is 6. The van der Waals surface area contributed by atoms with E-state index in [4.69, 9.17) is 19.5 Å². The van der Waals surface area contributed by atoms with Crippen LogP contribution in [-0.2, 0) is 11.3 Å². The van der Waals surface area contributed by atoms with Crippen LogP contribution in [0.5, 0.6) is 17.2 Å². The van der Waals surface area contributed by atoms with E-state index in [0.717, 1.165) is 5.39 Å². The third kappa shape index (κ3) is 3.44. The molecule has 1 aromatic heterocycles. The molecule has 8 nitrogen and oxygen atoms in total. The van der Waals surface area contributed by atoms with Gasteiger partial charge in [0, 0.05) is 28.7 Å².